The van der Waals surface area contributed by atoms with E-state index in [0.717, 1.165) is 31.8 Å². The molecule has 5 heteroatoms. The second kappa shape index (κ2) is 8.25. The number of fused-ring (bicyclic) bond motifs is 1. The van der Waals surface area contributed by atoms with Crippen molar-refractivity contribution >= 4 is 48.5 Å². The number of anilines is 1. The molecular formula is C23H19BrN2OS. The third-order valence-corrected chi connectivity index (χ3v) is 6.12. The van der Waals surface area contributed by atoms with Crippen LogP contribution in [0.1, 0.15) is 28.4 Å². The van der Waals surface area contributed by atoms with Crippen LogP contribution in [0.3, 0.4) is 0 Å². The molecule has 0 fully saturated rings. The number of carbonyl (C=O) groups is 1. The zero-order chi connectivity index (χ0) is 19.5. The number of carbonyl (C=O) groups excluding carboxylic acids is 1. The molecule has 4 aromatic rings. The third kappa shape index (κ3) is 4.01. The molecule has 0 radical (unpaired) electrons. The maximum Gasteiger partial charge on any atom is 0.260 e. The van der Waals surface area contributed by atoms with Gasteiger partial charge in [0.2, 0.25) is 0 Å². The van der Waals surface area contributed by atoms with Crippen molar-refractivity contribution in [2.24, 2.45) is 0 Å². The minimum atomic E-state index is -0.0556. The average Bonchev–Trinajstić information content (AvgIpc) is 3.15. The molecule has 3 nitrogen and oxygen atoms in total. The lowest BCUT2D eigenvalue weighted by Gasteiger charge is -2.20. The van der Waals surface area contributed by atoms with Crippen LogP contribution in [0.2, 0.25) is 0 Å². The summed E-state index contributed by atoms with van der Waals surface area (Å²) in [5, 5.41) is 0.720. The maximum absolute atomic E-state index is 13.4. The van der Waals surface area contributed by atoms with Crippen molar-refractivity contribution in [2.45, 2.75) is 19.9 Å². The number of hydrogen-bond acceptors (Lipinski definition) is 3. The quantitative estimate of drug-likeness (QED) is 0.349. The lowest BCUT2D eigenvalue weighted by molar-refractivity contribution is 0.0985. The van der Waals surface area contributed by atoms with Crippen molar-refractivity contribution in [3.05, 3.63) is 94.0 Å². The van der Waals surface area contributed by atoms with Crippen LogP contribution >= 0.6 is 27.3 Å². The van der Waals surface area contributed by atoms with E-state index in [4.69, 9.17) is 4.98 Å². The highest BCUT2D eigenvalue weighted by molar-refractivity contribution is 9.10. The lowest BCUT2D eigenvalue weighted by atomic mass is 10.1. The van der Waals surface area contributed by atoms with Crippen LogP contribution in [0.5, 0.6) is 0 Å². The molecule has 0 N–H and O–H groups in total. The first-order valence-corrected chi connectivity index (χ1v) is 10.8. The zero-order valence-corrected chi connectivity index (χ0v) is 17.8. The van der Waals surface area contributed by atoms with E-state index in [1.807, 2.05) is 60.7 Å². The molecule has 0 atom stereocenters. The van der Waals surface area contributed by atoms with Crippen molar-refractivity contribution in [3.8, 4) is 0 Å². The van der Waals surface area contributed by atoms with Gasteiger partial charge in [-0.25, -0.2) is 4.98 Å². The topological polar surface area (TPSA) is 33.2 Å². The number of thiazole rings is 1. The lowest BCUT2D eigenvalue weighted by Crippen LogP contribution is -2.30. The van der Waals surface area contributed by atoms with Gasteiger partial charge in [0.25, 0.3) is 5.91 Å². The molecule has 1 amide bonds. The Morgan fingerprint density at radius 1 is 1.00 bits per heavy atom. The molecule has 3 aromatic carbocycles. The van der Waals surface area contributed by atoms with E-state index >= 15 is 0 Å². The Hall–Kier alpha value is -2.50. The van der Waals surface area contributed by atoms with Crippen LogP contribution in [0.25, 0.3) is 10.2 Å². The summed E-state index contributed by atoms with van der Waals surface area (Å²) in [5.74, 6) is -0.0556. The second-order valence-electron chi connectivity index (χ2n) is 6.54. The van der Waals surface area contributed by atoms with Gasteiger partial charge < -0.3 is 0 Å². The van der Waals surface area contributed by atoms with Crippen molar-refractivity contribution in [1.82, 2.24) is 4.98 Å². The first-order valence-electron chi connectivity index (χ1n) is 9.15. The Balaban J connectivity index is 1.77. The van der Waals surface area contributed by atoms with Crippen LogP contribution in [0.4, 0.5) is 5.13 Å². The predicted octanol–water partition coefficient (Wildman–Crippen LogP) is 6.47. The van der Waals surface area contributed by atoms with Crippen molar-refractivity contribution in [2.75, 3.05) is 4.90 Å². The van der Waals surface area contributed by atoms with Gasteiger partial charge in [0.15, 0.2) is 5.13 Å². The molecule has 4 rings (SSSR count). The van der Waals surface area contributed by atoms with Gasteiger partial charge in [-0.05, 0) is 47.9 Å². The zero-order valence-electron chi connectivity index (χ0n) is 15.4. The van der Waals surface area contributed by atoms with Gasteiger partial charge in [0.1, 0.15) is 0 Å². The molecule has 0 saturated carbocycles. The fraction of sp³-hybridized carbons (Fsp3) is 0.130. The number of aryl methyl sites for hydroxylation is 1. The van der Waals surface area contributed by atoms with Crippen LogP contribution in [-0.2, 0) is 13.0 Å². The van der Waals surface area contributed by atoms with Crippen LogP contribution < -0.4 is 4.90 Å². The Morgan fingerprint density at radius 2 is 1.82 bits per heavy atom. The normalized spacial score (nSPS) is 10.9. The van der Waals surface area contributed by atoms with Crippen LogP contribution in [-0.4, -0.2) is 10.9 Å². The number of rotatable bonds is 5. The van der Waals surface area contributed by atoms with Gasteiger partial charge >= 0.3 is 0 Å². The maximum atomic E-state index is 13.4. The number of benzene rings is 3. The highest BCUT2D eigenvalue weighted by Gasteiger charge is 2.22. The summed E-state index contributed by atoms with van der Waals surface area (Å²) >= 11 is 5.03. The molecule has 0 saturated heterocycles. The van der Waals surface area contributed by atoms with Crippen LogP contribution in [0, 0.1) is 0 Å². The van der Waals surface area contributed by atoms with E-state index in [-0.39, 0.29) is 5.91 Å². The van der Waals surface area contributed by atoms with E-state index in [1.165, 1.54) is 5.56 Å². The minimum Gasteiger partial charge on any atom is -0.279 e. The molecule has 0 aliphatic rings. The molecule has 0 aliphatic heterocycles. The number of hydrogen-bond donors (Lipinski definition) is 0. The number of amides is 1. The summed E-state index contributed by atoms with van der Waals surface area (Å²) in [7, 11) is 0. The highest BCUT2D eigenvalue weighted by Crippen LogP contribution is 2.32. The molecule has 28 heavy (non-hydrogen) atoms. The van der Waals surface area contributed by atoms with E-state index in [1.54, 1.807) is 16.2 Å². The number of halogens is 1. The van der Waals surface area contributed by atoms with Gasteiger partial charge in [-0.2, -0.15) is 0 Å². The Kier molecular flexibility index (Phi) is 5.55. The Labute approximate surface area is 176 Å². The van der Waals surface area contributed by atoms with E-state index in [0.29, 0.717) is 12.1 Å². The summed E-state index contributed by atoms with van der Waals surface area (Å²) in [6.07, 6.45) is 0.980. The monoisotopic (exact) mass is 450 g/mol. The molecule has 0 spiro atoms. The molecule has 140 valence electrons. The van der Waals surface area contributed by atoms with E-state index in [2.05, 4.69) is 35.0 Å². The predicted molar refractivity (Wildman–Crippen MR) is 120 cm³/mol. The molecule has 0 aliphatic carbocycles. The minimum absolute atomic E-state index is 0.0556. The van der Waals surface area contributed by atoms with Crippen molar-refractivity contribution in [1.29, 1.82) is 0 Å². The number of nitrogens with zero attached hydrogens (tertiary/aromatic N) is 2. The van der Waals surface area contributed by atoms with Crippen molar-refractivity contribution in [3.63, 3.8) is 0 Å². The summed E-state index contributed by atoms with van der Waals surface area (Å²) in [6.45, 7) is 2.62. The fourth-order valence-electron chi connectivity index (χ4n) is 3.06. The Bertz CT molecular complexity index is 1120. The smallest absolute Gasteiger partial charge is 0.260 e. The average molecular weight is 451 g/mol. The van der Waals surface area contributed by atoms with Gasteiger partial charge in [-0.15, -0.1) is 0 Å². The SMILES string of the molecule is CCc1ccc2nc(N(Cc3ccccc3)C(=O)c3cccc(Br)c3)sc2c1. The van der Waals surface area contributed by atoms with Gasteiger partial charge in [0.05, 0.1) is 16.8 Å². The molecule has 0 unspecified atom stereocenters. The largest absolute Gasteiger partial charge is 0.279 e. The van der Waals surface area contributed by atoms with Crippen molar-refractivity contribution < 1.29 is 4.79 Å². The number of aromatic nitrogens is 1. The van der Waals surface area contributed by atoms with Gasteiger partial charge in [-0.1, -0.05) is 76.7 Å². The third-order valence-electron chi connectivity index (χ3n) is 4.58. The van der Waals surface area contributed by atoms with Crippen LogP contribution in [0.15, 0.2) is 77.3 Å². The standard InChI is InChI=1S/C23H19BrN2OS/c1-2-16-11-12-20-21(13-16)28-23(25-20)26(15-17-7-4-3-5-8-17)22(27)18-9-6-10-19(24)14-18/h3-14H,2,15H2,1H3. The first-order chi connectivity index (χ1) is 13.6. The first kappa shape index (κ1) is 18.8. The molecule has 1 aromatic heterocycles. The van der Waals surface area contributed by atoms with Gasteiger partial charge in [-0.3, -0.25) is 9.69 Å². The van der Waals surface area contributed by atoms with E-state index in [9.17, 15) is 4.79 Å². The highest BCUT2D eigenvalue weighted by atomic mass is 79.9. The Morgan fingerprint density at radius 3 is 2.57 bits per heavy atom. The summed E-state index contributed by atoms with van der Waals surface area (Å²) in [5.41, 5.74) is 3.91. The summed E-state index contributed by atoms with van der Waals surface area (Å²) < 4.78 is 1.99. The molecule has 1 heterocycles. The van der Waals surface area contributed by atoms with E-state index < -0.39 is 0 Å². The second-order valence-corrected chi connectivity index (χ2v) is 8.46. The van der Waals surface area contributed by atoms with Gasteiger partial charge in [0, 0.05) is 10.0 Å². The molecule has 0 bridgehead atoms. The summed E-state index contributed by atoms with van der Waals surface area (Å²) in [4.78, 5) is 19.9. The summed E-state index contributed by atoms with van der Waals surface area (Å²) in [6, 6.07) is 23.8. The molecular weight excluding hydrogens is 432 g/mol. The fourth-order valence-corrected chi connectivity index (χ4v) is 4.49.